The highest BCUT2D eigenvalue weighted by atomic mass is 16.5. The van der Waals surface area contributed by atoms with Crippen molar-refractivity contribution in [2.45, 2.75) is 109 Å². The molecule has 8 nitrogen and oxygen atoms in total. The predicted molar refractivity (Wildman–Crippen MR) is 130 cm³/mol. The smallest absolute Gasteiger partial charge is 0.220 e. The zero-order valence-electron chi connectivity index (χ0n) is 21.7. The first kappa shape index (κ1) is 26.8. The third-order valence-electron chi connectivity index (χ3n) is 7.36. The number of carbonyl (C=O) groups excluding carboxylic acids is 1. The number of ether oxygens (including phenoxy) is 3. The van der Waals surface area contributed by atoms with Crippen LogP contribution in [-0.4, -0.2) is 115 Å². The molecule has 0 aromatic carbocycles. The number of hydrogen-bond donors (Lipinski definition) is 1. The zero-order valence-corrected chi connectivity index (χ0v) is 21.7. The largest absolute Gasteiger partial charge is 0.375 e. The summed E-state index contributed by atoms with van der Waals surface area (Å²) >= 11 is 0. The molecular formula is C25H48N4O4. The van der Waals surface area contributed by atoms with E-state index < -0.39 is 0 Å². The summed E-state index contributed by atoms with van der Waals surface area (Å²) in [5.41, 5.74) is 5.48. The fourth-order valence-electron chi connectivity index (χ4n) is 5.42. The van der Waals surface area contributed by atoms with Gasteiger partial charge in [-0.1, -0.05) is 0 Å². The van der Waals surface area contributed by atoms with E-state index in [1.807, 2.05) is 0 Å². The Bertz CT molecular complexity index is 617. The van der Waals surface area contributed by atoms with Gasteiger partial charge >= 0.3 is 0 Å². The highest BCUT2D eigenvalue weighted by molar-refractivity contribution is 5.74. The van der Waals surface area contributed by atoms with Crippen molar-refractivity contribution in [3.63, 3.8) is 0 Å². The number of nitrogens with two attached hydrogens (primary N) is 1. The van der Waals surface area contributed by atoms with Crippen LogP contribution in [0.5, 0.6) is 0 Å². The fraction of sp³-hybridized carbons (Fsp3) is 0.960. The Kier molecular flexibility index (Phi) is 9.97. The minimum absolute atomic E-state index is 0.0469. The molecule has 0 aromatic rings. The number of amides is 1. The quantitative estimate of drug-likeness (QED) is 0.552. The van der Waals surface area contributed by atoms with Crippen LogP contribution in [-0.2, 0) is 19.0 Å². The van der Waals surface area contributed by atoms with Crippen LogP contribution in [0.15, 0.2) is 0 Å². The Hall–Kier alpha value is -0.770. The lowest BCUT2D eigenvalue weighted by Crippen LogP contribution is -2.56. The van der Waals surface area contributed by atoms with Gasteiger partial charge in [-0.3, -0.25) is 19.5 Å². The summed E-state index contributed by atoms with van der Waals surface area (Å²) in [6.07, 6.45) is 2.45. The van der Waals surface area contributed by atoms with Gasteiger partial charge in [0, 0.05) is 70.2 Å². The standard InChI is InChI=1S/C25H48N4O4/c1-17(2)27-7-8-31-20(12-27)9-21-13-28(18(3)4)14-22(32-21)10-23-15-29(19(5)6)16-24(33-23)11-25(26)30/h17-24H,7-16H2,1-6H3,(H2,26,30)/t20-,21?,22+,23?,24?/m0/s1. The van der Waals surface area contributed by atoms with E-state index >= 15 is 0 Å². The average Bonchev–Trinajstić information content (AvgIpc) is 2.73. The number of hydrogen-bond acceptors (Lipinski definition) is 7. The van der Waals surface area contributed by atoms with Crippen LogP contribution in [0.4, 0.5) is 0 Å². The molecule has 0 saturated carbocycles. The van der Waals surface area contributed by atoms with Gasteiger partial charge in [0.15, 0.2) is 0 Å². The van der Waals surface area contributed by atoms with Gasteiger partial charge in [-0.2, -0.15) is 0 Å². The Morgan fingerprint density at radius 2 is 1.15 bits per heavy atom. The topological polar surface area (TPSA) is 80.5 Å². The third kappa shape index (κ3) is 8.15. The molecule has 3 unspecified atom stereocenters. The van der Waals surface area contributed by atoms with Crippen LogP contribution >= 0.6 is 0 Å². The third-order valence-corrected chi connectivity index (χ3v) is 7.36. The fourth-order valence-corrected chi connectivity index (χ4v) is 5.42. The van der Waals surface area contributed by atoms with Crippen LogP contribution in [0.25, 0.3) is 0 Å². The molecule has 8 heteroatoms. The highest BCUT2D eigenvalue weighted by Gasteiger charge is 2.36. The molecule has 192 valence electrons. The van der Waals surface area contributed by atoms with Crippen molar-refractivity contribution in [1.82, 2.24) is 14.7 Å². The Balaban J connectivity index is 1.61. The zero-order chi connectivity index (χ0) is 24.1. The van der Waals surface area contributed by atoms with Gasteiger partial charge in [-0.05, 0) is 41.5 Å². The molecule has 0 aromatic heterocycles. The van der Waals surface area contributed by atoms with E-state index in [4.69, 9.17) is 19.9 Å². The van der Waals surface area contributed by atoms with Crippen LogP contribution < -0.4 is 5.73 Å². The lowest BCUT2D eigenvalue weighted by Gasteiger charge is -2.45. The van der Waals surface area contributed by atoms with Crippen molar-refractivity contribution in [2.75, 3.05) is 45.9 Å². The van der Waals surface area contributed by atoms with E-state index in [0.717, 1.165) is 58.7 Å². The molecule has 0 aliphatic carbocycles. The number of rotatable bonds is 9. The van der Waals surface area contributed by atoms with E-state index in [9.17, 15) is 4.79 Å². The van der Waals surface area contributed by atoms with Crippen LogP contribution in [0, 0.1) is 0 Å². The molecule has 3 rings (SSSR count). The van der Waals surface area contributed by atoms with E-state index in [0.29, 0.717) is 18.1 Å². The lowest BCUT2D eigenvalue weighted by atomic mass is 10.0. The second-order valence-electron chi connectivity index (χ2n) is 11.1. The number of morpholine rings is 3. The summed E-state index contributed by atoms with van der Waals surface area (Å²) in [5.74, 6) is -0.299. The van der Waals surface area contributed by atoms with Crippen molar-refractivity contribution in [1.29, 1.82) is 0 Å². The van der Waals surface area contributed by atoms with Crippen molar-refractivity contribution < 1.29 is 19.0 Å². The Morgan fingerprint density at radius 3 is 1.64 bits per heavy atom. The molecule has 0 spiro atoms. The van der Waals surface area contributed by atoms with Gasteiger partial charge in [0.25, 0.3) is 0 Å². The first-order valence-corrected chi connectivity index (χ1v) is 13.0. The minimum Gasteiger partial charge on any atom is -0.375 e. The summed E-state index contributed by atoms with van der Waals surface area (Å²) in [4.78, 5) is 19.0. The second kappa shape index (κ2) is 12.3. The summed E-state index contributed by atoms with van der Waals surface area (Å²) in [6.45, 7) is 19.7. The summed E-state index contributed by atoms with van der Waals surface area (Å²) in [6, 6.07) is 1.43. The minimum atomic E-state index is -0.299. The Morgan fingerprint density at radius 1 is 0.727 bits per heavy atom. The van der Waals surface area contributed by atoms with E-state index in [2.05, 4.69) is 56.2 Å². The number of carbonyl (C=O) groups is 1. The molecule has 3 aliphatic rings. The first-order valence-electron chi connectivity index (χ1n) is 13.0. The maximum Gasteiger partial charge on any atom is 0.220 e. The molecule has 2 N–H and O–H groups in total. The lowest BCUT2D eigenvalue weighted by molar-refractivity contribution is -0.156. The first-order chi connectivity index (χ1) is 15.6. The van der Waals surface area contributed by atoms with E-state index in [-0.39, 0.29) is 42.8 Å². The molecule has 3 fully saturated rings. The molecular weight excluding hydrogens is 420 g/mol. The normalized spacial score (nSPS) is 33.3. The van der Waals surface area contributed by atoms with Gasteiger partial charge in [-0.15, -0.1) is 0 Å². The molecule has 3 heterocycles. The molecule has 3 saturated heterocycles. The van der Waals surface area contributed by atoms with Crippen LogP contribution in [0.2, 0.25) is 0 Å². The number of nitrogens with zero attached hydrogens (tertiary/aromatic N) is 3. The molecule has 5 atom stereocenters. The number of primary amides is 1. The van der Waals surface area contributed by atoms with Crippen molar-refractivity contribution >= 4 is 5.91 Å². The van der Waals surface area contributed by atoms with E-state index in [1.165, 1.54) is 0 Å². The maximum atomic E-state index is 11.5. The van der Waals surface area contributed by atoms with E-state index in [1.54, 1.807) is 0 Å². The van der Waals surface area contributed by atoms with Gasteiger partial charge in [-0.25, -0.2) is 0 Å². The van der Waals surface area contributed by atoms with Gasteiger partial charge < -0.3 is 19.9 Å². The summed E-state index contributed by atoms with van der Waals surface area (Å²) in [5, 5.41) is 0. The molecule has 1 amide bonds. The Labute approximate surface area is 201 Å². The van der Waals surface area contributed by atoms with Crippen molar-refractivity contribution in [3.8, 4) is 0 Å². The predicted octanol–water partition coefficient (Wildman–Crippen LogP) is 1.71. The monoisotopic (exact) mass is 468 g/mol. The summed E-state index contributed by atoms with van der Waals surface area (Å²) < 4.78 is 19.1. The van der Waals surface area contributed by atoms with Crippen molar-refractivity contribution in [2.24, 2.45) is 5.73 Å². The highest BCUT2D eigenvalue weighted by Crippen LogP contribution is 2.26. The maximum absolute atomic E-state index is 11.5. The van der Waals surface area contributed by atoms with Gasteiger partial charge in [0.2, 0.25) is 5.91 Å². The van der Waals surface area contributed by atoms with Crippen molar-refractivity contribution in [3.05, 3.63) is 0 Å². The summed E-state index contributed by atoms with van der Waals surface area (Å²) in [7, 11) is 0. The van der Waals surface area contributed by atoms with Gasteiger partial charge in [0.05, 0.1) is 43.5 Å². The second-order valence-corrected chi connectivity index (χ2v) is 11.1. The SMILES string of the molecule is CC(C)N1CC(CC(N)=O)OC(C[C@@H]2CN(C(C)C)CC(C[C@H]3CN(C(C)C)CCO3)O2)C1. The van der Waals surface area contributed by atoms with Crippen LogP contribution in [0.3, 0.4) is 0 Å². The molecule has 0 radical (unpaired) electrons. The van der Waals surface area contributed by atoms with Crippen LogP contribution in [0.1, 0.15) is 60.8 Å². The molecule has 33 heavy (non-hydrogen) atoms. The van der Waals surface area contributed by atoms with Gasteiger partial charge in [0.1, 0.15) is 0 Å². The molecule has 0 bridgehead atoms. The molecule has 3 aliphatic heterocycles. The average molecular weight is 469 g/mol.